The van der Waals surface area contributed by atoms with Crippen LogP contribution in [-0.4, -0.2) is 54.6 Å². The summed E-state index contributed by atoms with van der Waals surface area (Å²) >= 11 is 0. The molecule has 4 aromatic rings. The van der Waals surface area contributed by atoms with Crippen molar-refractivity contribution < 1.29 is 22.0 Å². The number of hydrogen-bond donors (Lipinski definition) is 1. The van der Waals surface area contributed by atoms with Crippen LogP contribution in [0.5, 0.6) is 0 Å². The van der Waals surface area contributed by atoms with Crippen molar-refractivity contribution in [1.29, 1.82) is 0 Å². The van der Waals surface area contributed by atoms with Gasteiger partial charge in [-0.15, -0.1) is 10.2 Å². The molecule has 2 aromatic carbocycles. The van der Waals surface area contributed by atoms with E-state index in [1.807, 2.05) is 0 Å². The lowest BCUT2D eigenvalue weighted by Crippen LogP contribution is -2.19. The van der Waals surface area contributed by atoms with Crippen LogP contribution in [0.2, 0.25) is 0 Å². The molecule has 2 aromatic heterocycles. The van der Waals surface area contributed by atoms with Crippen LogP contribution in [0.1, 0.15) is 18.9 Å². The molecule has 2 heterocycles. The van der Waals surface area contributed by atoms with Crippen LogP contribution < -0.4 is 5.32 Å². The molecule has 0 aliphatic carbocycles. The molecular formula is C25H26FN5O4S. The Balaban J connectivity index is 1.56. The normalized spacial score (nSPS) is 12.6. The molecule has 0 bridgehead atoms. The Morgan fingerprint density at radius 3 is 2.47 bits per heavy atom. The van der Waals surface area contributed by atoms with Gasteiger partial charge in [-0.2, -0.15) is 0 Å². The second kappa shape index (κ2) is 11.0. The number of hydrogen-bond acceptors (Lipinski definition) is 9. The Bertz CT molecular complexity index is 1440. The van der Waals surface area contributed by atoms with Crippen molar-refractivity contribution in [2.24, 2.45) is 0 Å². The van der Waals surface area contributed by atoms with E-state index in [0.29, 0.717) is 36.5 Å². The minimum Gasteiger partial charge on any atom is -0.414 e. The molecule has 0 radical (unpaired) electrons. The Kier molecular flexibility index (Phi) is 7.82. The fourth-order valence-corrected chi connectivity index (χ4v) is 4.96. The van der Waals surface area contributed by atoms with E-state index in [4.69, 9.17) is 9.15 Å². The quantitative estimate of drug-likeness (QED) is 0.338. The molecule has 1 atom stereocenters. The maximum absolute atomic E-state index is 14.6. The molecule has 1 unspecified atom stereocenters. The number of benzene rings is 2. The number of aromatic nitrogens is 4. The maximum Gasteiger partial charge on any atom is 0.268 e. The molecule has 0 saturated heterocycles. The summed E-state index contributed by atoms with van der Waals surface area (Å²) in [6.07, 6.45) is 3.42. The summed E-state index contributed by atoms with van der Waals surface area (Å²) in [5.74, 6) is -0.351. The lowest BCUT2D eigenvalue weighted by Gasteiger charge is -2.13. The van der Waals surface area contributed by atoms with E-state index in [1.165, 1.54) is 12.3 Å². The second-order valence-corrected chi connectivity index (χ2v) is 10.6. The standard InChI is InChI=1S/C25H26FN5O4S/c1-16(10-11-34-3)36(32,33)19-7-5-18(6-8-19)22-14-28-15-23(29-22)25-31-30-24(35-25)20-9-4-17(13-27-2)12-21(20)26/h4-9,12,14-16,27H,10-11,13H2,1-3H3. The van der Waals surface area contributed by atoms with Gasteiger partial charge in [0, 0.05) is 25.8 Å². The predicted molar refractivity (Wildman–Crippen MR) is 132 cm³/mol. The summed E-state index contributed by atoms with van der Waals surface area (Å²) in [6.45, 7) is 2.57. The van der Waals surface area contributed by atoms with E-state index in [1.54, 1.807) is 63.7 Å². The van der Waals surface area contributed by atoms with Gasteiger partial charge in [-0.05, 0) is 50.2 Å². The van der Waals surface area contributed by atoms with E-state index < -0.39 is 20.9 Å². The summed E-state index contributed by atoms with van der Waals surface area (Å²) in [6, 6.07) is 11.2. The first kappa shape index (κ1) is 25.5. The van der Waals surface area contributed by atoms with Crippen LogP contribution in [-0.2, 0) is 21.1 Å². The predicted octanol–water partition coefficient (Wildman–Crippen LogP) is 3.92. The molecule has 0 spiro atoms. The van der Waals surface area contributed by atoms with Gasteiger partial charge in [-0.25, -0.2) is 17.8 Å². The maximum atomic E-state index is 14.6. The summed E-state index contributed by atoms with van der Waals surface area (Å²) in [4.78, 5) is 8.95. The molecule has 0 fully saturated rings. The molecule has 0 aliphatic rings. The van der Waals surface area contributed by atoms with Gasteiger partial charge in [0.1, 0.15) is 11.5 Å². The van der Waals surface area contributed by atoms with E-state index >= 15 is 0 Å². The Labute approximate surface area is 208 Å². The van der Waals surface area contributed by atoms with Crippen molar-refractivity contribution in [3.05, 3.63) is 66.2 Å². The number of rotatable bonds is 10. The van der Waals surface area contributed by atoms with Gasteiger partial charge >= 0.3 is 0 Å². The first-order valence-electron chi connectivity index (χ1n) is 11.3. The van der Waals surface area contributed by atoms with E-state index in [9.17, 15) is 12.8 Å². The Hall–Kier alpha value is -3.54. The van der Waals surface area contributed by atoms with Crippen molar-refractivity contribution in [3.8, 4) is 34.3 Å². The topological polar surface area (TPSA) is 120 Å². The summed E-state index contributed by atoms with van der Waals surface area (Å²) < 4.78 is 50.8. The van der Waals surface area contributed by atoms with Gasteiger partial charge < -0.3 is 14.5 Å². The van der Waals surface area contributed by atoms with Crippen molar-refractivity contribution in [1.82, 2.24) is 25.5 Å². The highest BCUT2D eigenvalue weighted by Crippen LogP contribution is 2.27. The van der Waals surface area contributed by atoms with Crippen LogP contribution in [0.25, 0.3) is 34.3 Å². The second-order valence-electron chi connectivity index (χ2n) is 8.21. The van der Waals surface area contributed by atoms with Crippen LogP contribution in [0.3, 0.4) is 0 Å². The SMILES string of the molecule is CNCc1ccc(-c2nnc(-c3cncc(-c4ccc(S(=O)(=O)C(C)CCOC)cc4)n3)o2)c(F)c1. The molecule has 0 saturated carbocycles. The zero-order valence-corrected chi connectivity index (χ0v) is 20.9. The first-order valence-corrected chi connectivity index (χ1v) is 12.8. The van der Waals surface area contributed by atoms with E-state index in [0.717, 1.165) is 5.56 Å². The van der Waals surface area contributed by atoms with Crippen molar-refractivity contribution in [2.45, 2.75) is 30.0 Å². The van der Waals surface area contributed by atoms with Crippen molar-refractivity contribution in [2.75, 3.05) is 20.8 Å². The molecule has 9 nitrogen and oxygen atoms in total. The molecule has 4 rings (SSSR count). The number of nitrogens with one attached hydrogen (secondary N) is 1. The van der Waals surface area contributed by atoms with Gasteiger partial charge in [0.05, 0.1) is 33.8 Å². The number of nitrogens with zero attached hydrogens (tertiary/aromatic N) is 4. The monoisotopic (exact) mass is 511 g/mol. The molecule has 11 heteroatoms. The summed E-state index contributed by atoms with van der Waals surface area (Å²) in [5, 5.41) is 10.4. The third-order valence-electron chi connectivity index (χ3n) is 5.66. The smallest absolute Gasteiger partial charge is 0.268 e. The summed E-state index contributed by atoms with van der Waals surface area (Å²) in [7, 11) is -0.153. The molecule has 36 heavy (non-hydrogen) atoms. The minimum atomic E-state index is -3.48. The Morgan fingerprint density at radius 1 is 1.06 bits per heavy atom. The van der Waals surface area contributed by atoms with Gasteiger partial charge in [0.2, 0.25) is 0 Å². The van der Waals surface area contributed by atoms with Gasteiger partial charge in [-0.1, -0.05) is 18.2 Å². The fourth-order valence-electron chi connectivity index (χ4n) is 3.58. The minimum absolute atomic E-state index is 0.0304. The van der Waals surface area contributed by atoms with Crippen LogP contribution >= 0.6 is 0 Å². The third kappa shape index (κ3) is 5.48. The largest absolute Gasteiger partial charge is 0.414 e. The molecule has 1 N–H and O–H groups in total. The lowest BCUT2D eigenvalue weighted by molar-refractivity contribution is 0.194. The van der Waals surface area contributed by atoms with Gasteiger partial charge in [-0.3, -0.25) is 4.98 Å². The van der Waals surface area contributed by atoms with E-state index in [-0.39, 0.29) is 22.2 Å². The third-order valence-corrected chi connectivity index (χ3v) is 7.88. The number of methoxy groups -OCH3 is 1. The highest BCUT2D eigenvalue weighted by molar-refractivity contribution is 7.92. The number of sulfone groups is 1. The first-order chi connectivity index (χ1) is 17.3. The van der Waals surface area contributed by atoms with Gasteiger partial charge in [0.25, 0.3) is 11.8 Å². The van der Waals surface area contributed by atoms with Crippen LogP contribution in [0.4, 0.5) is 4.39 Å². The average molecular weight is 512 g/mol. The van der Waals surface area contributed by atoms with Crippen LogP contribution in [0.15, 0.2) is 64.2 Å². The zero-order chi connectivity index (χ0) is 25.7. The van der Waals surface area contributed by atoms with E-state index in [2.05, 4.69) is 25.5 Å². The molecule has 0 aliphatic heterocycles. The van der Waals surface area contributed by atoms with Gasteiger partial charge in [0.15, 0.2) is 9.84 Å². The highest BCUT2D eigenvalue weighted by Gasteiger charge is 2.23. The Morgan fingerprint density at radius 2 is 1.78 bits per heavy atom. The lowest BCUT2D eigenvalue weighted by atomic mass is 10.1. The fraction of sp³-hybridized carbons (Fsp3) is 0.280. The molecular weight excluding hydrogens is 485 g/mol. The average Bonchev–Trinajstić information content (AvgIpc) is 3.38. The summed E-state index contributed by atoms with van der Waals surface area (Å²) in [5.41, 5.74) is 2.45. The van der Waals surface area contributed by atoms with Crippen molar-refractivity contribution in [3.63, 3.8) is 0 Å². The number of halogens is 1. The van der Waals surface area contributed by atoms with Crippen LogP contribution in [0, 0.1) is 5.82 Å². The van der Waals surface area contributed by atoms with Crippen molar-refractivity contribution >= 4 is 9.84 Å². The zero-order valence-electron chi connectivity index (χ0n) is 20.1. The highest BCUT2D eigenvalue weighted by atomic mass is 32.2. The number of ether oxygens (including phenoxy) is 1. The molecule has 188 valence electrons. The molecule has 0 amide bonds.